The van der Waals surface area contributed by atoms with E-state index in [1.165, 1.54) is 6.92 Å². The van der Waals surface area contributed by atoms with Crippen LogP contribution in [0.3, 0.4) is 0 Å². The first-order valence-electron chi connectivity index (χ1n) is 6.51. The Morgan fingerprint density at radius 1 is 1.32 bits per heavy atom. The summed E-state index contributed by atoms with van der Waals surface area (Å²) in [5.74, 6) is 0.281. The minimum atomic E-state index is -0.223. The lowest BCUT2D eigenvalue weighted by molar-refractivity contribution is -0.117. The Bertz CT molecular complexity index is 845. The van der Waals surface area contributed by atoms with Crippen LogP contribution in [0.4, 0.5) is 5.69 Å². The fraction of sp³-hybridized carbons (Fsp3) is 0.0667. The van der Waals surface area contributed by atoms with E-state index in [2.05, 4.69) is 20.6 Å². The largest absolute Gasteiger partial charge is 0.436 e. The number of benzene rings is 1. The molecule has 2 N–H and O–H groups in total. The number of carbonyl (C=O) groups excluding carboxylic acids is 1. The van der Waals surface area contributed by atoms with Gasteiger partial charge in [-0.25, -0.2) is 4.98 Å². The average molecular weight is 312 g/mol. The zero-order valence-corrected chi connectivity index (χ0v) is 12.5. The van der Waals surface area contributed by atoms with Crippen LogP contribution in [0.2, 0.25) is 0 Å². The van der Waals surface area contributed by atoms with E-state index >= 15 is 0 Å². The maximum Gasteiger partial charge on any atom is 0.228 e. The summed E-state index contributed by atoms with van der Waals surface area (Å²) in [7, 11) is 0. The third-order valence-electron chi connectivity index (χ3n) is 2.84. The first-order chi connectivity index (χ1) is 10.6. The number of carbonyl (C=O) groups is 1. The van der Waals surface area contributed by atoms with Gasteiger partial charge in [0, 0.05) is 25.0 Å². The van der Waals surface area contributed by atoms with Gasteiger partial charge in [-0.2, -0.15) is 0 Å². The minimum absolute atomic E-state index is 0.223. The van der Waals surface area contributed by atoms with Gasteiger partial charge in [0.05, 0.1) is 5.56 Å². The van der Waals surface area contributed by atoms with Gasteiger partial charge in [0.15, 0.2) is 10.7 Å². The Morgan fingerprint density at radius 3 is 2.91 bits per heavy atom. The second kappa shape index (κ2) is 5.90. The molecule has 3 aromatic rings. The number of oxazole rings is 1. The molecule has 7 heteroatoms. The van der Waals surface area contributed by atoms with Crippen LogP contribution in [-0.4, -0.2) is 21.0 Å². The molecule has 0 atom stereocenters. The molecule has 2 aromatic heterocycles. The van der Waals surface area contributed by atoms with E-state index in [1.54, 1.807) is 30.6 Å². The van der Waals surface area contributed by atoms with Gasteiger partial charge >= 0.3 is 0 Å². The summed E-state index contributed by atoms with van der Waals surface area (Å²) in [4.78, 5) is 19.4. The number of thiocarbonyl (C=S) groups is 1. The molecule has 0 saturated carbocycles. The summed E-state index contributed by atoms with van der Waals surface area (Å²) in [6, 6.07) is 9.09. The van der Waals surface area contributed by atoms with E-state index in [9.17, 15) is 4.79 Å². The summed E-state index contributed by atoms with van der Waals surface area (Å²) in [6.45, 7) is 1.40. The highest BCUT2D eigenvalue weighted by molar-refractivity contribution is 7.80. The Balaban J connectivity index is 1.87. The predicted octanol–water partition coefficient (Wildman–Crippen LogP) is 2.72. The molecule has 3 rings (SSSR count). The number of hydrogen-bond acceptors (Lipinski definition) is 5. The maximum absolute atomic E-state index is 10.9. The van der Waals surface area contributed by atoms with Crippen molar-refractivity contribution >= 4 is 40.0 Å². The summed E-state index contributed by atoms with van der Waals surface area (Å²) < 4.78 is 5.70. The number of nitrogens with one attached hydrogen (secondary N) is 2. The standard InChI is InChI=1S/C15H12N4O2S/c1-9(20)17-15(22)18-11-4-5-13-12(7-11)19-14(21-13)10-3-2-6-16-8-10/h2-8H,1H3,(H2,17,18,20,22). The van der Waals surface area contributed by atoms with Crippen molar-refractivity contribution in [3.63, 3.8) is 0 Å². The summed E-state index contributed by atoms with van der Waals surface area (Å²) in [5.41, 5.74) is 2.88. The second-order valence-corrected chi connectivity index (χ2v) is 4.99. The number of fused-ring (bicyclic) bond motifs is 1. The van der Waals surface area contributed by atoms with Crippen molar-refractivity contribution in [3.05, 3.63) is 42.7 Å². The van der Waals surface area contributed by atoms with E-state index in [-0.39, 0.29) is 11.0 Å². The Morgan fingerprint density at radius 2 is 2.18 bits per heavy atom. The highest BCUT2D eigenvalue weighted by atomic mass is 32.1. The quantitative estimate of drug-likeness (QED) is 0.708. The van der Waals surface area contributed by atoms with Crippen molar-refractivity contribution in [2.24, 2.45) is 0 Å². The van der Waals surface area contributed by atoms with E-state index in [0.717, 1.165) is 11.3 Å². The van der Waals surface area contributed by atoms with Crippen LogP contribution < -0.4 is 10.6 Å². The molecule has 0 spiro atoms. The molecular weight excluding hydrogens is 300 g/mol. The van der Waals surface area contributed by atoms with Gasteiger partial charge in [-0.15, -0.1) is 0 Å². The molecule has 6 nitrogen and oxygen atoms in total. The van der Waals surface area contributed by atoms with Crippen LogP contribution in [0.25, 0.3) is 22.6 Å². The number of anilines is 1. The van der Waals surface area contributed by atoms with Crippen molar-refractivity contribution in [2.45, 2.75) is 6.92 Å². The van der Waals surface area contributed by atoms with E-state index < -0.39 is 0 Å². The topological polar surface area (TPSA) is 80.0 Å². The van der Waals surface area contributed by atoms with Gasteiger partial charge in [0.2, 0.25) is 11.8 Å². The van der Waals surface area contributed by atoms with Crippen LogP contribution in [-0.2, 0) is 4.79 Å². The zero-order valence-electron chi connectivity index (χ0n) is 11.7. The van der Waals surface area contributed by atoms with E-state index in [4.69, 9.17) is 16.6 Å². The fourth-order valence-corrected chi connectivity index (χ4v) is 2.20. The molecule has 0 aliphatic carbocycles. The molecule has 0 fully saturated rings. The lowest BCUT2D eigenvalue weighted by atomic mass is 10.3. The number of aromatic nitrogens is 2. The van der Waals surface area contributed by atoms with Crippen LogP contribution >= 0.6 is 12.2 Å². The van der Waals surface area contributed by atoms with Gasteiger partial charge in [0.1, 0.15) is 5.52 Å². The predicted molar refractivity (Wildman–Crippen MR) is 87.3 cm³/mol. The highest BCUT2D eigenvalue weighted by Crippen LogP contribution is 2.25. The van der Waals surface area contributed by atoms with E-state index in [0.29, 0.717) is 17.0 Å². The number of hydrogen-bond donors (Lipinski definition) is 2. The first kappa shape index (κ1) is 14.2. The van der Waals surface area contributed by atoms with Gasteiger partial charge in [0.25, 0.3) is 0 Å². The number of rotatable bonds is 2. The van der Waals surface area contributed by atoms with Crippen LogP contribution in [0.5, 0.6) is 0 Å². The van der Waals surface area contributed by atoms with Crippen molar-refractivity contribution < 1.29 is 9.21 Å². The van der Waals surface area contributed by atoms with Gasteiger partial charge in [-0.05, 0) is 42.5 Å². The van der Waals surface area contributed by atoms with Crippen molar-refractivity contribution in [3.8, 4) is 11.5 Å². The smallest absolute Gasteiger partial charge is 0.228 e. The molecular formula is C15H12N4O2S. The Labute approximate surface area is 131 Å². The van der Waals surface area contributed by atoms with Crippen molar-refractivity contribution in [2.75, 3.05) is 5.32 Å². The number of nitrogens with zero attached hydrogens (tertiary/aromatic N) is 2. The van der Waals surface area contributed by atoms with Crippen LogP contribution in [0.15, 0.2) is 47.1 Å². The lowest BCUT2D eigenvalue weighted by Crippen LogP contribution is -2.32. The van der Waals surface area contributed by atoms with Crippen LogP contribution in [0.1, 0.15) is 6.92 Å². The van der Waals surface area contributed by atoms with Crippen LogP contribution in [0, 0.1) is 0 Å². The summed E-state index contributed by atoms with van der Waals surface area (Å²) in [5, 5.41) is 5.66. The number of amides is 1. The maximum atomic E-state index is 10.9. The molecule has 0 aliphatic heterocycles. The SMILES string of the molecule is CC(=O)NC(=S)Nc1ccc2oc(-c3cccnc3)nc2c1. The van der Waals surface area contributed by atoms with Gasteiger partial charge in [-0.1, -0.05) is 0 Å². The Kier molecular flexibility index (Phi) is 3.80. The second-order valence-electron chi connectivity index (χ2n) is 4.58. The highest BCUT2D eigenvalue weighted by Gasteiger charge is 2.09. The van der Waals surface area contributed by atoms with Crippen molar-refractivity contribution in [1.82, 2.24) is 15.3 Å². The molecule has 0 bridgehead atoms. The molecule has 0 aliphatic rings. The van der Waals surface area contributed by atoms with Gasteiger partial charge in [-0.3, -0.25) is 9.78 Å². The summed E-state index contributed by atoms with van der Waals surface area (Å²) >= 11 is 5.02. The monoisotopic (exact) mass is 312 g/mol. The third kappa shape index (κ3) is 3.09. The molecule has 110 valence electrons. The molecule has 2 heterocycles. The molecule has 1 aromatic carbocycles. The number of pyridine rings is 1. The molecule has 1 amide bonds. The third-order valence-corrected chi connectivity index (χ3v) is 3.05. The van der Waals surface area contributed by atoms with Gasteiger partial charge < -0.3 is 15.1 Å². The lowest BCUT2D eigenvalue weighted by Gasteiger charge is -2.07. The molecule has 22 heavy (non-hydrogen) atoms. The molecule has 0 unspecified atom stereocenters. The zero-order chi connectivity index (χ0) is 15.5. The first-order valence-corrected chi connectivity index (χ1v) is 6.92. The summed E-state index contributed by atoms with van der Waals surface area (Å²) in [6.07, 6.45) is 3.38. The fourth-order valence-electron chi connectivity index (χ4n) is 1.94. The molecule has 0 radical (unpaired) electrons. The minimum Gasteiger partial charge on any atom is -0.436 e. The Hall–Kier alpha value is -2.80. The van der Waals surface area contributed by atoms with Crippen molar-refractivity contribution in [1.29, 1.82) is 0 Å². The van der Waals surface area contributed by atoms with E-state index in [1.807, 2.05) is 12.1 Å². The average Bonchev–Trinajstić information content (AvgIpc) is 2.90. The normalized spacial score (nSPS) is 10.4. The molecule has 0 saturated heterocycles.